The molecule has 0 aliphatic heterocycles. The van der Waals surface area contributed by atoms with Gasteiger partial charge in [0.15, 0.2) is 0 Å². The van der Waals surface area contributed by atoms with Gasteiger partial charge < -0.3 is 15.3 Å². The van der Waals surface area contributed by atoms with Gasteiger partial charge >= 0.3 is 6.03 Å². The standard InChI is InChI=1S/C12H24N2O2/c1-5-12(6-7-12)8-13-10(15)14(4)9-11(2,3)16/h16H,5-9H2,1-4H3,(H,13,15). The number of hydrogen-bond acceptors (Lipinski definition) is 2. The molecule has 1 aliphatic rings. The molecule has 0 bridgehead atoms. The highest BCUT2D eigenvalue weighted by atomic mass is 16.3. The monoisotopic (exact) mass is 228 g/mol. The Balaban J connectivity index is 2.29. The van der Waals surface area contributed by atoms with E-state index in [9.17, 15) is 9.90 Å². The van der Waals surface area contributed by atoms with Crippen LogP contribution in [0.25, 0.3) is 0 Å². The Bertz CT molecular complexity index is 254. The van der Waals surface area contributed by atoms with E-state index in [0.29, 0.717) is 12.0 Å². The molecule has 0 heterocycles. The molecule has 4 heteroatoms. The molecule has 1 saturated carbocycles. The van der Waals surface area contributed by atoms with Crippen LogP contribution in [0, 0.1) is 5.41 Å². The molecular formula is C12H24N2O2. The second-order valence-electron chi connectivity index (χ2n) is 5.68. The summed E-state index contributed by atoms with van der Waals surface area (Å²) >= 11 is 0. The fourth-order valence-electron chi connectivity index (χ4n) is 1.88. The van der Waals surface area contributed by atoms with Gasteiger partial charge in [0.2, 0.25) is 0 Å². The van der Waals surface area contributed by atoms with Crippen LogP contribution in [-0.4, -0.2) is 41.8 Å². The van der Waals surface area contributed by atoms with Gasteiger partial charge in [0.25, 0.3) is 0 Å². The first kappa shape index (κ1) is 13.3. The number of hydrogen-bond donors (Lipinski definition) is 2. The van der Waals surface area contributed by atoms with Crippen LogP contribution >= 0.6 is 0 Å². The smallest absolute Gasteiger partial charge is 0.317 e. The summed E-state index contributed by atoms with van der Waals surface area (Å²) in [5, 5.41) is 12.5. The highest BCUT2D eigenvalue weighted by molar-refractivity contribution is 5.74. The van der Waals surface area contributed by atoms with Gasteiger partial charge in [0.05, 0.1) is 12.1 Å². The van der Waals surface area contributed by atoms with Crippen LogP contribution in [0.2, 0.25) is 0 Å². The van der Waals surface area contributed by atoms with Crippen LogP contribution in [0.5, 0.6) is 0 Å². The van der Waals surface area contributed by atoms with Gasteiger partial charge in [-0.3, -0.25) is 0 Å². The van der Waals surface area contributed by atoms with Gasteiger partial charge in [0, 0.05) is 13.6 Å². The largest absolute Gasteiger partial charge is 0.389 e. The van der Waals surface area contributed by atoms with E-state index in [-0.39, 0.29) is 6.03 Å². The van der Waals surface area contributed by atoms with Gasteiger partial charge in [0.1, 0.15) is 0 Å². The van der Waals surface area contributed by atoms with Crippen LogP contribution in [0.1, 0.15) is 40.0 Å². The van der Waals surface area contributed by atoms with Crippen molar-refractivity contribution in [2.75, 3.05) is 20.1 Å². The summed E-state index contributed by atoms with van der Waals surface area (Å²) in [6.07, 6.45) is 3.57. The molecular weight excluding hydrogens is 204 g/mol. The van der Waals surface area contributed by atoms with Gasteiger partial charge in [-0.2, -0.15) is 0 Å². The van der Waals surface area contributed by atoms with Crippen molar-refractivity contribution in [3.05, 3.63) is 0 Å². The maximum atomic E-state index is 11.7. The summed E-state index contributed by atoms with van der Waals surface area (Å²) in [6, 6.07) is -0.0955. The zero-order valence-corrected chi connectivity index (χ0v) is 10.8. The third kappa shape index (κ3) is 4.00. The summed E-state index contributed by atoms with van der Waals surface area (Å²) in [6.45, 7) is 6.67. The van der Waals surface area contributed by atoms with Crippen molar-refractivity contribution in [1.29, 1.82) is 0 Å². The van der Waals surface area contributed by atoms with Crippen LogP contribution < -0.4 is 5.32 Å². The molecule has 0 unspecified atom stereocenters. The first-order chi connectivity index (χ1) is 7.28. The van der Waals surface area contributed by atoms with Crippen LogP contribution in [-0.2, 0) is 0 Å². The van der Waals surface area contributed by atoms with Crippen molar-refractivity contribution >= 4 is 6.03 Å². The van der Waals surface area contributed by atoms with Gasteiger partial charge in [-0.25, -0.2) is 4.79 Å². The Morgan fingerprint density at radius 2 is 2.06 bits per heavy atom. The van der Waals surface area contributed by atoms with E-state index in [1.807, 2.05) is 0 Å². The summed E-state index contributed by atoms with van der Waals surface area (Å²) in [5.74, 6) is 0. The quantitative estimate of drug-likeness (QED) is 0.751. The van der Waals surface area contributed by atoms with Crippen molar-refractivity contribution < 1.29 is 9.90 Å². The first-order valence-corrected chi connectivity index (χ1v) is 5.99. The van der Waals surface area contributed by atoms with Gasteiger partial charge in [-0.15, -0.1) is 0 Å². The molecule has 0 atom stereocenters. The van der Waals surface area contributed by atoms with E-state index < -0.39 is 5.60 Å². The molecule has 94 valence electrons. The summed E-state index contributed by atoms with van der Waals surface area (Å²) < 4.78 is 0. The van der Waals surface area contributed by atoms with E-state index in [2.05, 4.69) is 12.2 Å². The van der Waals surface area contributed by atoms with Crippen molar-refractivity contribution in [2.45, 2.75) is 45.6 Å². The zero-order chi connectivity index (χ0) is 12.4. The van der Waals surface area contributed by atoms with Crippen LogP contribution in [0.4, 0.5) is 4.79 Å². The maximum absolute atomic E-state index is 11.7. The number of amides is 2. The van der Waals surface area contributed by atoms with Gasteiger partial charge in [-0.05, 0) is 38.5 Å². The number of likely N-dealkylation sites (N-methyl/N-ethyl adjacent to an activating group) is 1. The molecule has 1 aliphatic carbocycles. The average Bonchev–Trinajstić information content (AvgIpc) is 2.92. The molecule has 1 rings (SSSR count). The van der Waals surface area contributed by atoms with Crippen molar-refractivity contribution in [1.82, 2.24) is 10.2 Å². The van der Waals surface area contributed by atoms with E-state index in [1.165, 1.54) is 17.7 Å². The minimum absolute atomic E-state index is 0.0955. The van der Waals surface area contributed by atoms with E-state index >= 15 is 0 Å². The minimum Gasteiger partial charge on any atom is -0.389 e. The molecule has 0 saturated heterocycles. The SMILES string of the molecule is CCC1(CNC(=O)N(C)CC(C)(C)O)CC1. The predicted molar refractivity (Wildman–Crippen MR) is 64.3 cm³/mol. The Hall–Kier alpha value is -0.770. The van der Waals surface area contributed by atoms with Gasteiger partial charge in [-0.1, -0.05) is 6.92 Å². The summed E-state index contributed by atoms with van der Waals surface area (Å²) in [7, 11) is 1.71. The van der Waals surface area contributed by atoms with Crippen LogP contribution in [0.3, 0.4) is 0 Å². The molecule has 16 heavy (non-hydrogen) atoms. The number of urea groups is 1. The number of aliphatic hydroxyl groups is 1. The van der Waals surface area contributed by atoms with E-state index in [4.69, 9.17) is 0 Å². The molecule has 2 N–H and O–H groups in total. The second kappa shape index (κ2) is 4.62. The molecule has 2 amide bonds. The number of rotatable bonds is 5. The lowest BCUT2D eigenvalue weighted by atomic mass is 10.0. The first-order valence-electron chi connectivity index (χ1n) is 5.99. The third-order valence-corrected chi connectivity index (χ3v) is 3.29. The van der Waals surface area contributed by atoms with E-state index in [1.54, 1.807) is 20.9 Å². The fourth-order valence-corrected chi connectivity index (χ4v) is 1.88. The number of nitrogens with one attached hydrogen (secondary N) is 1. The zero-order valence-electron chi connectivity index (χ0n) is 10.8. The fraction of sp³-hybridized carbons (Fsp3) is 0.917. The Kier molecular flexibility index (Phi) is 3.84. The Morgan fingerprint density at radius 1 is 1.50 bits per heavy atom. The molecule has 0 spiro atoms. The lowest BCUT2D eigenvalue weighted by molar-refractivity contribution is 0.0530. The van der Waals surface area contributed by atoms with E-state index in [0.717, 1.165) is 13.0 Å². The summed E-state index contributed by atoms with van der Waals surface area (Å²) in [4.78, 5) is 13.2. The molecule has 1 fully saturated rings. The number of carbonyl (C=O) groups excluding carboxylic acids is 1. The highest BCUT2D eigenvalue weighted by Crippen LogP contribution is 2.47. The van der Waals surface area contributed by atoms with Crippen molar-refractivity contribution in [3.63, 3.8) is 0 Å². The maximum Gasteiger partial charge on any atom is 0.317 e. The molecule has 4 nitrogen and oxygen atoms in total. The minimum atomic E-state index is -0.839. The average molecular weight is 228 g/mol. The van der Waals surface area contributed by atoms with Crippen LogP contribution in [0.15, 0.2) is 0 Å². The number of nitrogens with zero attached hydrogens (tertiary/aromatic N) is 1. The van der Waals surface area contributed by atoms with Crippen molar-refractivity contribution in [2.24, 2.45) is 5.41 Å². The molecule has 0 aromatic carbocycles. The molecule has 0 aromatic rings. The topological polar surface area (TPSA) is 52.6 Å². The Morgan fingerprint density at radius 3 is 2.44 bits per heavy atom. The molecule has 0 aromatic heterocycles. The number of carbonyl (C=O) groups is 1. The lowest BCUT2D eigenvalue weighted by Crippen LogP contribution is -2.45. The lowest BCUT2D eigenvalue weighted by Gasteiger charge is -2.26. The van der Waals surface area contributed by atoms with Crippen molar-refractivity contribution in [3.8, 4) is 0 Å². The normalized spacial score (nSPS) is 18.1. The molecule has 0 radical (unpaired) electrons. The second-order valence-corrected chi connectivity index (χ2v) is 5.68. The summed E-state index contributed by atoms with van der Waals surface area (Å²) in [5.41, 5.74) is -0.473. The predicted octanol–water partition coefficient (Wildman–Crippen LogP) is 1.59. The highest BCUT2D eigenvalue weighted by Gasteiger charge is 2.40. The Labute approximate surface area is 98.0 Å². The third-order valence-electron chi connectivity index (χ3n) is 3.29.